The number of hydrogen-bond acceptors (Lipinski definition) is 2. The summed E-state index contributed by atoms with van der Waals surface area (Å²) in [6.45, 7) is 0.773. The van der Waals surface area contributed by atoms with Crippen LogP contribution in [0.15, 0.2) is 60.7 Å². The fourth-order valence-electron chi connectivity index (χ4n) is 1.96. The Labute approximate surface area is 119 Å². The van der Waals surface area contributed by atoms with Gasteiger partial charge in [-0.05, 0) is 17.5 Å². The van der Waals surface area contributed by atoms with E-state index in [2.05, 4.69) is 29.6 Å². The second-order valence-corrected chi connectivity index (χ2v) is 4.98. The van der Waals surface area contributed by atoms with Crippen LogP contribution in [0.3, 0.4) is 0 Å². The molecule has 2 aromatic carbocycles. The number of nitrogens with one attached hydrogen (secondary N) is 1. The molecule has 2 rings (SSSR count). The maximum absolute atomic E-state index is 5.82. The molecule has 1 atom stereocenters. The van der Waals surface area contributed by atoms with Gasteiger partial charge < -0.3 is 11.1 Å². The molecular formula is C16H18N2S. The molecule has 3 N–H and O–H groups in total. The normalized spacial score (nSPS) is 12.0. The molecule has 0 bridgehead atoms. The third-order valence-electron chi connectivity index (χ3n) is 3.02. The molecule has 0 heterocycles. The molecule has 0 aliphatic heterocycles. The molecule has 98 valence electrons. The molecule has 0 amide bonds. The summed E-state index contributed by atoms with van der Waals surface area (Å²) >= 11 is 5.15. The average molecular weight is 270 g/mol. The van der Waals surface area contributed by atoms with Crippen molar-refractivity contribution >= 4 is 17.2 Å². The monoisotopic (exact) mass is 270 g/mol. The highest BCUT2D eigenvalue weighted by atomic mass is 32.1. The second-order valence-electron chi connectivity index (χ2n) is 4.51. The van der Waals surface area contributed by atoms with Gasteiger partial charge in [0.05, 0.1) is 11.0 Å². The van der Waals surface area contributed by atoms with Crippen molar-refractivity contribution in [2.24, 2.45) is 5.73 Å². The van der Waals surface area contributed by atoms with Crippen LogP contribution in [0, 0.1) is 0 Å². The van der Waals surface area contributed by atoms with E-state index in [1.54, 1.807) is 0 Å². The lowest BCUT2D eigenvalue weighted by Gasteiger charge is -2.17. The summed E-state index contributed by atoms with van der Waals surface area (Å²) < 4.78 is 0. The molecule has 0 saturated heterocycles. The molecule has 19 heavy (non-hydrogen) atoms. The van der Waals surface area contributed by atoms with Crippen LogP contribution >= 0.6 is 12.2 Å². The first-order valence-electron chi connectivity index (χ1n) is 6.36. The van der Waals surface area contributed by atoms with Crippen LogP contribution in [0.25, 0.3) is 0 Å². The topological polar surface area (TPSA) is 38.0 Å². The van der Waals surface area contributed by atoms with E-state index < -0.39 is 0 Å². The minimum Gasteiger partial charge on any atom is -0.392 e. The van der Waals surface area contributed by atoms with Crippen molar-refractivity contribution in [3.8, 4) is 0 Å². The summed E-state index contributed by atoms with van der Waals surface area (Å²) in [6, 6.07) is 20.5. The summed E-state index contributed by atoms with van der Waals surface area (Å²) in [6.07, 6.45) is 0.822. The Balaban J connectivity index is 1.95. The first-order valence-corrected chi connectivity index (χ1v) is 6.77. The fraction of sp³-hybridized carbons (Fsp3) is 0.188. The molecule has 2 aromatic rings. The predicted molar refractivity (Wildman–Crippen MR) is 84.0 cm³/mol. The number of rotatable bonds is 6. The van der Waals surface area contributed by atoms with Crippen molar-refractivity contribution in [1.82, 2.24) is 5.32 Å². The van der Waals surface area contributed by atoms with Gasteiger partial charge >= 0.3 is 0 Å². The van der Waals surface area contributed by atoms with Crippen molar-refractivity contribution in [2.45, 2.75) is 19.0 Å². The molecule has 0 aliphatic rings. The highest BCUT2D eigenvalue weighted by Gasteiger charge is 2.11. The van der Waals surface area contributed by atoms with Gasteiger partial charge in [-0.25, -0.2) is 0 Å². The van der Waals surface area contributed by atoms with Crippen LogP contribution in [-0.4, -0.2) is 11.0 Å². The largest absolute Gasteiger partial charge is 0.392 e. The summed E-state index contributed by atoms with van der Waals surface area (Å²) in [7, 11) is 0. The van der Waals surface area contributed by atoms with Crippen molar-refractivity contribution in [2.75, 3.05) is 0 Å². The molecule has 0 unspecified atom stereocenters. The van der Waals surface area contributed by atoms with Crippen LogP contribution < -0.4 is 11.1 Å². The molecule has 2 nitrogen and oxygen atoms in total. The maximum atomic E-state index is 5.82. The Bertz CT molecular complexity index is 511. The van der Waals surface area contributed by atoms with E-state index in [0.717, 1.165) is 13.0 Å². The van der Waals surface area contributed by atoms with Gasteiger partial charge in [-0.1, -0.05) is 72.9 Å². The van der Waals surface area contributed by atoms with Gasteiger partial charge in [-0.15, -0.1) is 0 Å². The Hall–Kier alpha value is -1.71. The van der Waals surface area contributed by atoms with Crippen LogP contribution in [0.2, 0.25) is 0 Å². The standard InChI is InChI=1S/C16H18N2S/c17-16(19)15(11-13-7-3-1-4-8-13)18-12-14-9-5-2-6-10-14/h1-10,15,18H,11-12H2,(H2,17,19)/t15-/m0/s1. The second kappa shape index (κ2) is 7.02. The van der Waals surface area contributed by atoms with Crippen LogP contribution in [0.5, 0.6) is 0 Å². The number of thiocarbonyl (C=S) groups is 1. The van der Waals surface area contributed by atoms with E-state index in [1.807, 2.05) is 36.4 Å². The molecule has 0 radical (unpaired) electrons. The van der Waals surface area contributed by atoms with Gasteiger partial charge in [0.1, 0.15) is 0 Å². The minimum absolute atomic E-state index is 0.0256. The molecule has 0 saturated carbocycles. The lowest BCUT2D eigenvalue weighted by atomic mass is 10.1. The molecule has 0 spiro atoms. The zero-order valence-corrected chi connectivity index (χ0v) is 11.6. The molecular weight excluding hydrogens is 252 g/mol. The van der Waals surface area contributed by atoms with E-state index in [9.17, 15) is 0 Å². The number of benzene rings is 2. The van der Waals surface area contributed by atoms with Crippen molar-refractivity contribution in [3.05, 3.63) is 71.8 Å². The zero-order chi connectivity index (χ0) is 13.5. The third-order valence-corrected chi connectivity index (χ3v) is 3.31. The molecule has 3 heteroatoms. The lowest BCUT2D eigenvalue weighted by molar-refractivity contribution is 0.616. The van der Waals surface area contributed by atoms with E-state index >= 15 is 0 Å². The fourth-order valence-corrected chi connectivity index (χ4v) is 2.13. The minimum atomic E-state index is 0.0256. The van der Waals surface area contributed by atoms with Crippen LogP contribution in [0.1, 0.15) is 11.1 Å². The average Bonchev–Trinajstić information content (AvgIpc) is 2.45. The van der Waals surface area contributed by atoms with E-state index in [-0.39, 0.29) is 6.04 Å². The third kappa shape index (κ3) is 4.47. The van der Waals surface area contributed by atoms with Gasteiger partial charge in [0, 0.05) is 6.54 Å². The van der Waals surface area contributed by atoms with Crippen LogP contribution in [-0.2, 0) is 13.0 Å². The maximum Gasteiger partial charge on any atom is 0.0903 e. The Morgan fingerprint density at radius 3 is 2.00 bits per heavy atom. The summed E-state index contributed by atoms with van der Waals surface area (Å²) in [5.74, 6) is 0. The van der Waals surface area contributed by atoms with Crippen molar-refractivity contribution in [1.29, 1.82) is 0 Å². The van der Waals surface area contributed by atoms with Crippen LogP contribution in [0.4, 0.5) is 0 Å². The van der Waals surface area contributed by atoms with Gasteiger partial charge in [0.2, 0.25) is 0 Å². The van der Waals surface area contributed by atoms with E-state index in [1.165, 1.54) is 11.1 Å². The van der Waals surface area contributed by atoms with Gasteiger partial charge in [0.25, 0.3) is 0 Å². The molecule has 0 aliphatic carbocycles. The quantitative estimate of drug-likeness (QED) is 0.793. The predicted octanol–water partition coefficient (Wildman–Crippen LogP) is 2.67. The van der Waals surface area contributed by atoms with Gasteiger partial charge in [-0.3, -0.25) is 0 Å². The Morgan fingerprint density at radius 2 is 1.47 bits per heavy atom. The van der Waals surface area contributed by atoms with E-state index in [0.29, 0.717) is 4.99 Å². The first-order chi connectivity index (χ1) is 9.25. The summed E-state index contributed by atoms with van der Waals surface area (Å²) in [4.78, 5) is 0.514. The Kier molecular flexibility index (Phi) is 5.07. The van der Waals surface area contributed by atoms with Gasteiger partial charge in [-0.2, -0.15) is 0 Å². The number of nitrogens with two attached hydrogens (primary N) is 1. The first kappa shape index (κ1) is 13.7. The summed E-state index contributed by atoms with van der Waals surface area (Å²) in [5.41, 5.74) is 8.29. The van der Waals surface area contributed by atoms with Crippen molar-refractivity contribution < 1.29 is 0 Å². The Morgan fingerprint density at radius 1 is 0.947 bits per heavy atom. The smallest absolute Gasteiger partial charge is 0.0903 e. The summed E-state index contributed by atoms with van der Waals surface area (Å²) in [5, 5.41) is 3.42. The highest BCUT2D eigenvalue weighted by molar-refractivity contribution is 7.80. The lowest BCUT2D eigenvalue weighted by Crippen LogP contribution is -2.41. The highest BCUT2D eigenvalue weighted by Crippen LogP contribution is 2.05. The van der Waals surface area contributed by atoms with E-state index in [4.69, 9.17) is 18.0 Å². The zero-order valence-electron chi connectivity index (χ0n) is 10.8. The molecule has 0 aromatic heterocycles. The van der Waals surface area contributed by atoms with Crippen molar-refractivity contribution in [3.63, 3.8) is 0 Å². The number of hydrogen-bond donors (Lipinski definition) is 2. The SMILES string of the molecule is NC(=S)[C@H](Cc1ccccc1)NCc1ccccc1. The van der Waals surface area contributed by atoms with Gasteiger partial charge in [0.15, 0.2) is 0 Å². The molecule has 0 fully saturated rings.